The maximum Gasteiger partial charge on any atom is 0.136 e. The molecule has 1 nitrogen and oxygen atoms in total. The Labute approximate surface area is 122 Å². The van der Waals surface area contributed by atoms with Gasteiger partial charge in [0, 0.05) is 19.2 Å². The van der Waals surface area contributed by atoms with Gasteiger partial charge in [-0.25, -0.2) is 0 Å². The number of hydrogen-bond acceptors (Lipinski definition) is 1. The van der Waals surface area contributed by atoms with E-state index in [2.05, 4.69) is 51.2 Å². The van der Waals surface area contributed by atoms with Crippen molar-refractivity contribution in [2.45, 2.75) is 0 Å². The minimum atomic E-state index is 0.859. The fourth-order valence-corrected chi connectivity index (χ4v) is 3.04. The first-order valence-electron chi connectivity index (χ1n) is 5.12. The Morgan fingerprint density at radius 1 is 1.12 bits per heavy atom. The molecule has 0 saturated heterocycles. The molecule has 0 atom stereocenters. The first-order chi connectivity index (χ1) is 8.16. The van der Waals surface area contributed by atoms with Crippen LogP contribution in [0.3, 0.4) is 0 Å². The van der Waals surface area contributed by atoms with E-state index in [4.69, 9.17) is 4.74 Å². The molecule has 1 aliphatic heterocycles. The van der Waals surface area contributed by atoms with Gasteiger partial charge < -0.3 is 4.74 Å². The second kappa shape index (κ2) is 4.14. The zero-order valence-electron chi connectivity index (χ0n) is 8.84. The third-order valence-corrected chi connectivity index (χ3v) is 4.10. The number of rotatable bonds is 0. The van der Waals surface area contributed by atoms with Gasteiger partial charge in [-0.15, -0.1) is 0 Å². The van der Waals surface area contributed by atoms with Crippen LogP contribution in [0, 0.1) is 3.57 Å². The first kappa shape index (κ1) is 11.3. The highest BCUT2D eigenvalue weighted by molar-refractivity contribution is 14.1. The number of benzene rings is 2. The lowest BCUT2D eigenvalue weighted by Crippen LogP contribution is -2.02. The molecule has 0 unspecified atom stereocenters. The summed E-state index contributed by atoms with van der Waals surface area (Å²) in [5.41, 5.74) is 3.12. The molecule has 0 N–H and O–H groups in total. The molecule has 1 heterocycles. The third-order valence-electron chi connectivity index (χ3n) is 2.76. The van der Waals surface area contributed by atoms with Crippen LogP contribution < -0.4 is 4.74 Å². The van der Waals surface area contributed by atoms with Crippen LogP contribution in [0.2, 0.25) is 0 Å². The summed E-state index contributed by atoms with van der Waals surface area (Å²) in [5.74, 6) is 1.74. The molecule has 0 bridgehead atoms. The van der Waals surface area contributed by atoms with Crippen LogP contribution in [0.15, 0.2) is 47.4 Å². The van der Waals surface area contributed by atoms with E-state index in [9.17, 15) is 0 Å². The van der Waals surface area contributed by atoms with Crippen molar-refractivity contribution >= 4 is 44.1 Å². The second-order valence-electron chi connectivity index (χ2n) is 3.83. The second-order valence-corrected chi connectivity index (χ2v) is 5.93. The Morgan fingerprint density at radius 2 is 1.94 bits per heavy atom. The molecule has 0 fully saturated rings. The number of halogens is 2. The number of fused-ring (bicyclic) bond motifs is 2. The van der Waals surface area contributed by atoms with E-state index < -0.39 is 0 Å². The van der Waals surface area contributed by atoms with Crippen LogP contribution >= 0.6 is 38.5 Å². The van der Waals surface area contributed by atoms with Crippen molar-refractivity contribution in [3.8, 4) is 11.5 Å². The van der Waals surface area contributed by atoms with E-state index in [1.165, 1.54) is 3.57 Å². The Morgan fingerprint density at radius 3 is 2.76 bits per heavy atom. The van der Waals surface area contributed by atoms with E-state index in [0.717, 1.165) is 32.7 Å². The Kier molecular flexibility index (Phi) is 2.75. The molecule has 3 heteroatoms. The molecule has 0 aromatic heterocycles. The van der Waals surface area contributed by atoms with Crippen LogP contribution in [0.25, 0.3) is 5.57 Å². The van der Waals surface area contributed by atoms with Crippen LogP contribution in [-0.4, -0.2) is 0 Å². The lowest BCUT2D eigenvalue weighted by molar-refractivity contribution is 0.473. The maximum absolute atomic E-state index is 5.89. The molecule has 0 aliphatic carbocycles. The molecule has 2 aromatic rings. The lowest BCUT2D eigenvalue weighted by Gasteiger charge is -2.23. The molecule has 2 aromatic carbocycles. The van der Waals surface area contributed by atoms with E-state index in [0.29, 0.717) is 0 Å². The Hall–Kier alpha value is -0.810. The van der Waals surface area contributed by atoms with Crippen molar-refractivity contribution in [1.82, 2.24) is 0 Å². The van der Waals surface area contributed by atoms with Crippen LogP contribution in [0.1, 0.15) is 11.1 Å². The van der Waals surface area contributed by atoms with E-state index >= 15 is 0 Å². The Balaban J connectivity index is 2.25. The molecular weight excluding hydrogens is 391 g/mol. The SMILES string of the molecule is C=C1c2cc(I)ccc2Oc2cccc(Br)c21. The molecule has 17 heavy (non-hydrogen) atoms. The highest BCUT2D eigenvalue weighted by Crippen LogP contribution is 2.45. The largest absolute Gasteiger partial charge is 0.456 e. The summed E-state index contributed by atoms with van der Waals surface area (Å²) in [6.07, 6.45) is 0. The first-order valence-corrected chi connectivity index (χ1v) is 6.99. The summed E-state index contributed by atoms with van der Waals surface area (Å²) >= 11 is 5.85. The van der Waals surface area contributed by atoms with Gasteiger partial charge in [-0.2, -0.15) is 0 Å². The standard InChI is InChI=1S/C14H8BrIO/c1-8-10-7-9(16)5-6-12(10)17-13-4-2-3-11(15)14(8)13/h2-7H,1H2. The average Bonchev–Trinajstić information content (AvgIpc) is 2.30. The summed E-state index contributed by atoms with van der Waals surface area (Å²) in [7, 11) is 0. The van der Waals surface area contributed by atoms with Crippen LogP contribution in [0.5, 0.6) is 11.5 Å². The number of ether oxygens (including phenoxy) is 1. The molecule has 0 spiro atoms. The fourth-order valence-electron chi connectivity index (χ4n) is 1.96. The van der Waals surface area contributed by atoms with Crippen molar-refractivity contribution in [3.63, 3.8) is 0 Å². The predicted octanol–water partition coefficient (Wildman–Crippen LogP) is 5.22. The van der Waals surface area contributed by atoms with Gasteiger partial charge in [0.25, 0.3) is 0 Å². The van der Waals surface area contributed by atoms with Crippen molar-refractivity contribution in [2.75, 3.05) is 0 Å². The minimum absolute atomic E-state index is 0.859. The van der Waals surface area contributed by atoms with Gasteiger partial charge >= 0.3 is 0 Å². The molecule has 0 saturated carbocycles. The van der Waals surface area contributed by atoms with Gasteiger partial charge in [0.05, 0.1) is 0 Å². The van der Waals surface area contributed by atoms with Gasteiger partial charge in [-0.05, 0) is 58.5 Å². The summed E-state index contributed by atoms with van der Waals surface area (Å²) < 4.78 is 8.09. The quantitative estimate of drug-likeness (QED) is 0.471. The number of hydrogen-bond donors (Lipinski definition) is 0. The highest BCUT2D eigenvalue weighted by Gasteiger charge is 2.22. The van der Waals surface area contributed by atoms with Crippen LogP contribution in [0.4, 0.5) is 0 Å². The normalized spacial score (nSPS) is 12.7. The van der Waals surface area contributed by atoms with Crippen LogP contribution in [-0.2, 0) is 0 Å². The summed E-state index contributed by atoms with van der Waals surface area (Å²) in [6, 6.07) is 12.1. The topological polar surface area (TPSA) is 9.23 Å². The lowest BCUT2D eigenvalue weighted by atomic mass is 9.96. The zero-order valence-corrected chi connectivity index (χ0v) is 12.6. The molecule has 1 aliphatic rings. The highest BCUT2D eigenvalue weighted by atomic mass is 127. The monoisotopic (exact) mass is 398 g/mol. The van der Waals surface area contributed by atoms with Gasteiger partial charge in [0.2, 0.25) is 0 Å². The summed E-state index contributed by atoms with van der Waals surface area (Å²) in [4.78, 5) is 0. The van der Waals surface area contributed by atoms with Gasteiger partial charge in [0.15, 0.2) is 0 Å². The molecule has 84 valence electrons. The van der Waals surface area contributed by atoms with Gasteiger partial charge in [-0.3, -0.25) is 0 Å². The van der Waals surface area contributed by atoms with Gasteiger partial charge in [0.1, 0.15) is 11.5 Å². The van der Waals surface area contributed by atoms with Gasteiger partial charge in [-0.1, -0.05) is 28.6 Å². The smallest absolute Gasteiger partial charge is 0.136 e. The average molecular weight is 399 g/mol. The zero-order chi connectivity index (χ0) is 12.0. The predicted molar refractivity (Wildman–Crippen MR) is 81.5 cm³/mol. The summed E-state index contributed by atoms with van der Waals surface area (Å²) in [6.45, 7) is 4.19. The molecule has 0 amide bonds. The van der Waals surface area contributed by atoms with Crippen molar-refractivity contribution < 1.29 is 4.74 Å². The third kappa shape index (κ3) is 1.81. The minimum Gasteiger partial charge on any atom is -0.456 e. The van der Waals surface area contributed by atoms with E-state index in [1.807, 2.05) is 30.3 Å². The van der Waals surface area contributed by atoms with Crippen molar-refractivity contribution in [2.24, 2.45) is 0 Å². The summed E-state index contributed by atoms with van der Waals surface area (Å²) in [5, 5.41) is 0. The van der Waals surface area contributed by atoms with Crippen molar-refractivity contribution in [3.05, 3.63) is 62.1 Å². The molecule has 0 radical (unpaired) electrons. The fraction of sp³-hybridized carbons (Fsp3) is 0. The van der Waals surface area contributed by atoms with Crippen molar-refractivity contribution in [1.29, 1.82) is 0 Å². The van der Waals surface area contributed by atoms with E-state index in [1.54, 1.807) is 0 Å². The Bertz CT molecular complexity index is 634. The molecule has 3 rings (SSSR count). The maximum atomic E-state index is 5.89. The molecular formula is C14H8BrIO. The van der Waals surface area contributed by atoms with E-state index in [-0.39, 0.29) is 0 Å².